The van der Waals surface area contributed by atoms with Crippen molar-refractivity contribution in [3.05, 3.63) is 47.3 Å². The van der Waals surface area contributed by atoms with Crippen LogP contribution in [0.4, 0.5) is 0 Å². The molecule has 0 aliphatic carbocycles. The van der Waals surface area contributed by atoms with Gasteiger partial charge < -0.3 is 9.26 Å². The fourth-order valence-electron chi connectivity index (χ4n) is 1.42. The van der Waals surface area contributed by atoms with Gasteiger partial charge in [-0.3, -0.25) is 10.2 Å². The maximum absolute atomic E-state index is 11.1. The summed E-state index contributed by atoms with van der Waals surface area (Å²) in [5, 5.41) is 3.57. The summed E-state index contributed by atoms with van der Waals surface area (Å²) in [7, 11) is 0. The van der Waals surface area contributed by atoms with Gasteiger partial charge in [0.2, 0.25) is 0 Å². The lowest BCUT2D eigenvalue weighted by Crippen LogP contribution is -2.30. The van der Waals surface area contributed by atoms with E-state index in [1.54, 1.807) is 0 Å². The number of nitrogens with zero attached hydrogens (tertiary/aromatic N) is 1. The van der Waals surface area contributed by atoms with Crippen LogP contribution in [0.1, 0.15) is 21.8 Å². The monoisotopic (exact) mass is 247 g/mol. The lowest BCUT2D eigenvalue weighted by atomic mass is 10.2. The number of nitrogen functional groups attached to an aromatic ring is 1. The minimum absolute atomic E-state index is 0.125. The van der Waals surface area contributed by atoms with Gasteiger partial charge in [-0.1, -0.05) is 17.3 Å². The Bertz CT molecular complexity index is 551. The molecule has 3 N–H and O–H groups in total. The fourth-order valence-corrected chi connectivity index (χ4v) is 1.42. The minimum Gasteiger partial charge on any atom is -0.486 e. The van der Waals surface area contributed by atoms with Gasteiger partial charge in [0, 0.05) is 6.07 Å². The Kier molecular flexibility index (Phi) is 3.59. The van der Waals surface area contributed by atoms with Crippen LogP contribution in [0.5, 0.6) is 5.75 Å². The van der Waals surface area contributed by atoms with Gasteiger partial charge in [0.1, 0.15) is 12.4 Å². The maximum atomic E-state index is 11.1. The van der Waals surface area contributed by atoms with Crippen molar-refractivity contribution in [1.82, 2.24) is 10.6 Å². The summed E-state index contributed by atoms with van der Waals surface area (Å²) in [6, 6.07) is 9.11. The number of hydrazine groups is 1. The van der Waals surface area contributed by atoms with E-state index in [9.17, 15) is 4.79 Å². The number of hydrogen-bond acceptors (Lipinski definition) is 5. The van der Waals surface area contributed by atoms with Crippen LogP contribution >= 0.6 is 0 Å². The standard InChI is InChI=1S/C12H13N3O3/c1-8-3-2-4-9(5-8)17-7-10-6-11(15-18-10)12(16)14-13/h2-6H,7,13H2,1H3,(H,14,16). The van der Waals surface area contributed by atoms with E-state index >= 15 is 0 Å². The summed E-state index contributed by atoms with van der Waals surface area (Å²) in [4.78, 5) is 11.1. The average Bonchev–Trinajstić information content (AvgIpc) is 2.84. The van der Waals surface area contributed by atoms with Gasteiger partial charge >= 0.3 is 0 Å². The number of rotatable bonds is 4. The molecule has 0 saturated carbocycles. The third-order valence-corrected chi connectivity index (χ3v) is 2.29. The second kappa shape index (κ2) is 5.33. The van der Waals surface area contributed by atoms with Crippen LogP contribution in [0.15, 0.2) is 34.9 Å². The van der Waals surface area contributed by atoms with Crippen LogP contribution in [-0.4, -0.2) is 11.1 Å². The lowest BCUT2D eigenvalue weighted by molar-refractivity contribution is 0.0944. The number of amides is 1. The van der Waals surface area contributed by atoms with E-state index in [2.05, 4.69) is 5.16 Å². The molecule has 94 valence electrons. The van der Waals surface area contributed by atoms with Gasteiger partial charge in [0.25, 0.3) is 5.91 Å². The Labute approximate surface area is 104 Å². The third kappa shape index (κ3) is 2.86. The van der Waals surface area contributed by atoms with Gasteiger partial charge in [-0.05, 0) is 24.6 Å². The molecule has 18 heavy (non-hydrogen) atoms. The molecule has 0 bridgehead atoms. The first-order chi connectivity index (χ1) is 8.69. The molecule has 0 saturated heterocycles. The number of aryl methyl sites for hydroxylation is 1. The van der Waals surface area contributed by atoms with Crippen molar-refractivity contribution in [3.8, 4) is 5.75 Å². The molecule has 0 radical (unpaired) electrons. The van der Waals surface area contributed by atoms with Crippen molar-refractivity contribution in [1.29, 1.82) is 0 Å². The highest BCUT2D eigenvalue weighted by atomic mass is 16.5. The summed E-state index contributed by atoms with van der Waals surface area (Å²) < 4.78 is 10.5. The number of carbonyl (C=O) groups excluding carboxylic acids is 1. The van der Waals surface area contributed by atoms with Crippen LogP contribution in [0.2, 0.25) is 0 Å². The van der Waals surface area contributed by atoms with Gasteiger partial charge in [-0.15, -0.1) is 0 Å². The number of nitrogens with two attached hydrogens (primary N) is 1. The van der Waals surface area contributed by atoms with Gasteiger partial charge in [0.15, 0.2) is 11.5 Å². The molecular weight excluding hydrogens is 234 g/mol. The van der Waals surface area contributed by atoms with Crippen molar-refractivity contribution in [3.63, 3.8) is 0 Å². The summed E-state index contributed by atoms with van der Waals surface area (Å²) in [6.45, 7) is 2.18. The number of hydrogen-bond donors (Lipinski definition) is 2. The van der Waals surface area contributed by atoms with Crippen LogP contribution in [-0.2, 0) is 6.61 Å². The second-order valence-electron chi connectivity index (χ2n) is 3.76. The Morgan fingerprint density at radius 1 is 1.50 bits per heavy atom. The Morgan fingerprint density at radius 2 is 2.33 bits per heavy atom. The smallest absolute Gasteiger partial charge is 0.287 e. The van der Waals surface area contributed by atoms with Gasteiger partial charge in [-0.2, -0.15) is 0 Å². The average molecular weight is 247 g/mol. The highest BCUT2D eigenvalue weighted by Crippen LogP contribution is 2.14. The molecule has 0 fully saturated rings. The number of benzene rings is 1. The summed E-state index contributed by atoms with van der Waals surface area (Å²) in [5.41, 5.74) is 3.20. The molecule has 1 heterocycles. The first-order valence-electron chi connectivity index (χ1n) is 5.35. The summed E-state index contributed by atoms with van der Waals surface area (Å²) in [5.74, 6) is 5.67. The second-order valence-corrected chi connectivity index (χ2v) is 3.76. The van der Waals surface area contributed by atoms with Crippen molar-refractivity contribution >= 4 is 5.91 Å². The first-order valence-corrected chi connectivity index (χ1v) is 5.35. The predicted molar refractivity (Wildman–Crippen MR) is 63.7 cm³/mol. The number of aromatic nitrogens is 1. The van der Waals surface area contributed by atoms with Gasteiger partial charge in [-0.25, -0.2) is 5.84 Å². The van der Waals surface area contributed by atoms with Crippen molar-refractivity contribution in [2.45, 2.75) is 13.5 Å². The molecule has 0 aliphatic heterocycles. The lowest BCUT2D eigenvalue weighted by Gasteiger charge is -2.03. The normalized spacial score (nSPS) is 10.1. The SMILES string of the molecule is Cc1cccc(OCc2cc(C(=O)NN)no2)c1. The first kappa shape index (κ1) is 12.1. The van der Waals surface area contributed by atoms with E-state index in [0.717, 1.165) is 11.3 Å². The molecular formula is C12H13N3O3. The van der Waals surface area contributed by atoms with E-state index in [1.807, 2.05) is 36.6 Å². The molecule has 1 amide bonds. The van der Waals surface area contributed by atoms with Crippen LogP contribution in [0.25, 0.3) is 0 Å². The van der Waals surface area contributed by atoms with E-state index in [4.69, 9.17) is 15.1 Å². The Hall–Kier alpha value is -2.34. The van der Waals surface area contributed by atoms with Crippen LogP contribution in [0.3, 0.4) is 0 Å². The van der Waals surface area contributed by atoms with Crippen molar-refractivity contribution < 1.29 is 14.1 Å². The zero-order valence-corrected chi connectivity index (χ0v) is 9.84. The van der Waals surface area contributed by atoms with Crippen LogP contribution < -0.4 is 16.0 Å². The molecule has 0 aliphatic rings. The molecule has 2 aromatic rings. The highest BCUT2D eigenvalue weighted by molar-refractivity contribution is 5.91. The zero-order chi connectivity index (χ0) is 13.0. The predicted octanol–water partition coefficient (Wildman–Crippen LogP) is 1.17. The molecule has 0 atom stereocenters. The molecule has 0 unspecified atom stereocenters. The molecule has 0 spiro atoms. The maximum Gasteiger partial charge on any atom is 0.287 e. The van der Waals surface area contributed by atoms with Crippen molar-refractivity contribution in [2.24, 2.45) is 5.84 Å². The highest BCUT2D eigenvalue weighted by Gasteiger charge is 2.11. The van der Waals surface area contributed by atoms with E-state index in [1.165, 1.54) is 6.07 Å². The molecule has 1 aromatic carbocycles. The minimum atomic E-state index is -0.499. The summed E-state index contributed by atoms with van der Waals surface area (Å²) in [6.07, 6.45) is 0. The Morgan fingerprint density at radius 3 is 3.06 bits per heavy atom. The number of ether oxygens (including phenoxy) is 1. The quantitative estimate of drug-likeness (QED) is 0.480. The largest absolute Gasteiger partial charge is 0.486 e. The molecule has 6 heteroatoms. The third-order valence-electron chi connectivity index (χ3n) is 2.29. The molecule has 6 nitrogen and oxygen atoms in total. The van der Waals surface area contributed by atoms with Crippen molar-refractivity contribution in [2.75, 3.05) is 0 Å². The van der Waals surface area contributed by atoms with E-state index in [-0.39, 0.29) is 12.3 Å². The molecule has 2 rings (SSSR count). The fraction of sp³-hybridized carbons (Fsp3) is 0.167. The van der Waals surface area contributed by atoms with Crippen LogP contribution in [0, 0.1) is 6.92 Å². The number of carbonyl (C=O) groups is 1. The van der Waals surface area contributed by atoms with E-state index < -0.39 is 5.91 Å². The van der Waals surface area contributed by atoms with E-state index in [0.29, 0.717) is 5.76 Å². The summed E-state index contributed by atoms with van der Waals surface area (Å²) >= 11 is 0. The topological polar surface area (TPSA) is 90.4 Å². The van der Waals surface area contributed by atoms with Gasteiger partial charge in [0.05, 0.1) is 0 Å². The molecule has 1 aromatic heterocycles. The number of nitrogens with one attached hydrogen (secondary N) is 1. The zero-order valence-electron chi connectivity index (χ0n) is 9.84. The Balaban J connectivity index is 1.98.